The minimum absolute atomic E-state index is 0.185. The normalized spacial score (nSPS) is 17.6. The number of rotatable bonds is 5. The summed E-state index contributed by atoms with van der Waals surface area (Å²) in [7, 11) is 1.33. The number of nitrogens with zero attached hydrogens (tertiary/aromatic N) is 6. The molecule has 2 aromatic heterocycles. The van der Waals surface area contributed by atoms with Crippen LogP contribution < -0.4 is 9.80 Å². The molecule has 0 unspecified atom stereocenters. The minimum Gasteiger partial charge on any atom is -0.464 e. The maximum atomic E-state index is 13.3. The van der Waals surface area contributed by atoms with Crippen molar-refractivity contribution in [3.63, 3.8) is 0 Å². The molecule has 176 valence electrons. The van der Waals surface area contributed by atoms with Crippen LogP contribution in [0.3, 0.4) is 0 Å². The Labute approximate surface area is 197 Å². The molecule has 1 aliphatic carbocycles. The lowest BCUT2D eigenvalue weighted by Gasteiger charge is -2.41. The van der Waals surface area contributed by atoms with Gasteiger partial charge in [0, 0.05) is 37.7 Å². The van der Waals surface area contributed by atoms with Crippen LogP contribution in [0.25, 0.3) is 0 Å². The third-order valence-corrected chi connectivity index (χ3v) is 6.64. The molecule has 1 aliphatic heterocycles. The van der Waals surface area contributed by atoms with Crippen molar-refractivity contribution in [2.45, 2.75) is 38.6 Å². The van der Waals surface area contributed by atoms with E-state index in [1.54, 1.807) is 6.20 Å². The molecular formula is C25H27FN6O2. The van der Waals surface area contributed by atoms with Crippen molar-refractivity contribution in [1.29, 1.82) is 0 Å². The Morgan fingerprint density at radius 2 is 1.88 bits per heavy atom. The van der Waals surface area contributed by atoms with E-state index in [4.69, 9.17) is 4.74 Å². The number of anilines is 2. The van der Waals surface area contributed by atoms with Crippen molar-refractivity contribution in [3.05, 3.63) is 70.6 Å². The number of methoxy groups -OCH3 is 1. The Morgan fingerprint density at radius 1 is 1.09 bits per heavy atom. The molecule has 1 aromatic carbocycles. The summed E-state index contributed by atoms with van der Waals surface area (Å²) in [4.78, 5) is 24.8. The van der Waals surface area contributed by atoms with E-state index in [9.17, 15) is 9.18 Å². The van der Waals surface area contributed by atoms with E-state index >= 15 is 0 Å². The van der Waals surface area contributed by atoms with Gasteiger partial charge in [0.05, 0.1) is 25.2 Å². The number of benzene rings is 1. The minimum atomic E-state index is -0.493. The topological polar surface area (TPSA) is 84.3 Å². The monoisotopic (exact) mass is 462 g/mol. The second-order valence-electron chi connectivity index (χ2n) is 8.82. The van der Waals surface area contributed by atoms with Crippen LogP contribution in [0.1, 0.15) is 46.2 Å². The second kappa shape index (κ2) is 9.32. The largest absolute Gasteiger partial charge is 0.464 e. The molecule has 8 nitrogen and oxygen atoms in total. The predicted octanol–water partition coefficient (Wildman–Crippen LogP) is 2.99. The number of aromatic nitrogens is 4. The maximum Gasteiger partial charge on any atom is 0.358 e. The Bertz CT molecular complexity index is 1190. The standard InChI is InChI=1S/C25H27FN6O2/c1-16-15-31(10-11-32(16)23-14-27-22(13-28-23)25(33)34-2)24-20-5-3-4-19(20)21(29-30-24)12-17-6-8-18(26)9-7-17/h6-9,13-14,16H,3-5,10-12,15H2,1-2H3/t16-/m1/s1. The molecule has 0 N–H and O–H groups in total. The fraction of sp³-hybridized carbons (Fsp3) is 0.400. The fourth-order valence-electron chi connectivity index (χ4n) is 4.90. The van der Waals surface area contributed by atoms with Gasteiger partial charge in [0.2, 0.25) is 0 Å². The van der Waals surface area contributed by atoms with Gasteiger partial charge in [-0.05, 0) is 49.4 Å². The first-order valence-corrected chi connectivity index (χ1v) is 11.6. The Balaban J connectivity index is 1.32. The lowest BCUT2D eigenvalue weighted by Crippen LogP contribution is -2.53. The highest BCUT2D eigenvalue weighted by Crippen LogP contribution is 2.33. The average molecular weight is 463 g/mol. The fourth-order valence-corrected chi connectivity index (χ4v) is 4.90. The Morgan fingerprint density at radius 3 is 2.59 bits per heavy atom. The summed E-state index contributed by atoms with van der Waals surface area (Å²) >= 11 is 0. The molecule has 3 aromatic rings. The number of fused-ring (bicyclic) bond motifs is 1. The van der Waals surface area contributed by atoms with Crippen molar-refractivity contribution >= 4 is 17.6 Å². The highest BCUT2D eigenvalue weighted by molar-refractivity contribution is 5.86. The molecule has 34 heavy (non-hydrogen) atoms. The molecule has 0 bridgehead atoms. The van der Waals surface area contributed by atoms with Crippen molar-refractivity contribution in [2.75, 3.05) is 36.5 Å². The summed E-state index contributed by atoms with van der Waals surface area (Å²) in [5, 5.41) is 9.28. The number of esters is 1. The van der Waals surface area contributed by atoms with Crippen molar-refractivity contribution < 1.29 is 13.9 Å². The quantitative estimate of drug-likeness (QED) is 0.535. The Kier molecular flexibility index (Phi) is 6.08. The molecule has 3 heterocycles. The van der Waals surface area contributed by atoms with Gasteiger partial charge in [0.1, 0.15) is 11.6 Å². The van der Waals surface area contributed by atoms with Crippen LogP contribution in [-0.4, -0.2) is 58.9 Å². The van der Waals surface area contributed by atoms with Gasteiger partial charge in [-0.3, -0.25) is 0 Å². The lowest BCUT2D eigenvalue weighted by atomic mass is 10.0. The Hall–Kier alpha value is -3.62. The average Bonchev–Trinajstić information content (AvgIpc) is 3.36. The number of hydrogen-bond acceptors (Lipinski definition) is 8. The second-order valence-corrected chi connectivity index (χ2v) is 8.82. The molecule has 0 saturated carbocycles. The maximum absolute atomic E-state index is 13.3. The highest BCUT2D eigenvalue weighted by Gasteiger charge is 2.30. The summed E-state index contributed by atoms with van der Waals surface area (Å²) in [6.45, 7) is 4.50. The van der Waals surface area contributed by atoms with E-state index in [0.29, 0.717) is 6.42 Å². The van der Waals surface area contributed by atoms with Gasteiger partial charge >= 0.3 is 5.97 Å². The first kappa shape index (κ1) is 22.2. The van der Waals surface area contributed by atoms with Gasteiger partial charge in [-0.15, -0.1) is 5.10 Å². The zero-order valence-corrected chi connectivity index (χ0v) is 19.4. The van der Waals surface area contributed by atoms with Crippen LogP contribution >= 0.6 is 0 Å². The van der Waals surface area contributed by atoms with Crippen molar-refractivity contribution in [1.82, 2.24) is 20.2 Å². The predicted molar refractivity (Wildman–Crippen MR) is 126 cm³/mol. The van der Waals surface area contributed by atoms with Crippen molar-refractivity contribution in [3.8, 4) is 0 Å². The zero-order chi connectivity index (χ0) is 23.7. The summed E-state index contributed by atoms with van der Waals surface area (Å²) < 4.78 is 18.0. The van der Waals surface area contributed by atoms with Crippen LogP contribution in [0.2, 0.25) is 0 Å². The van der Waals surface area contributed by atoms with Crippen molar-refractivity contribution in [2.24, 2.45) is 0 Å². The van der Waals surface area contributed by atoms with E-state index in [1.165, 1.54) is 36.6 Å². The first-order chi connectivity index (χ1) is 16.5. The van der Waals surface area contributed by atoms with E-state index in [2.05, 4.69) is 36.9 Å². The van der Waals surface area contributed by atoms with Gasteiger partial charge in [0.25, 0.3) is 0 Å². The number of carbonyl (C=O) groups excluding carboxylic acids is 1. The van der Waals surface area contributed by atoms with Gasteiger partial charge in [-0.1, -0.05) is 12.1 Å². The van der Waals surface area contributed by atoms with Crippen LogP contribution in [0.4, 0.5) is 16.0 Å². The SMILES string of the molecule is COC(=O)c1cnc(N2CCN(c3nnc(Cc4ccc(F)cc4)c4c3CCC4)C[C@H]2C)cn1. The van der Waals surface area contributed by atoms with Crippen LogP contribution in [0, 0.1) is 5.82 Å². The molecule has 1 saturated heterocycles. The lowest BCUT2D eigenvalue weighted by molar-refractivity contribution is 0.0593. The molecule has 2 aliphatic rings. The highest BCUT2D eigenvalue weighted by atomic mass is 19.1. The van der Waals surface area contributed by atoms with Gasteiger partial charge in [-0.2, -0.15) is 5.10 Å². The van der Waals surface area contributed by atoms with E-state index in [0.717, 1.165) is 61.8 Å². The molecular weight excluding hydrogens is 435 g/mol. The van der Waals surface area contributed by atoms with Gasteiger partial charge < -0.3 is 14.5 Å². The van der Waals surface area contributed by atoms with Crippen LogP contribution in [0.5, 0.6) is 0 Å². The number of piperazine rings is 1. The summed E-state index contributed by atoms with van der Waals surface area (Å²) in [5.41, 5.74) is 4.84. The van der Waals surface area contributed by atoms with E-state index in [1.807, 2.05) is 12.1 Å². The van der Waals surface area contributed by atoms with Crippen LogP contribution in [0.15, 0.2) is 36.7 Å². The number of carbonyl (C=O) groups is 1. The first-order valence-electron chi connectivity index (χ1n) is 11.6. The summed E-state index contributed by atoms with van der Waals surface area (Å²) in [5.74, 6) is 1.00. The van der Waals surface area contributed by atoms with E-state index in [-0.39, 0.29) is 17.6 Å². The van der Waals surface area contributed by atoms with Gasteiger partial charge in [0.15, 0.2) is 11.5 Å². The van der Waals surface area contributed by atoms with E-state index < -0.39 is 5.97 Å². The molecule has 0 spiro atoms. The third kappa shape index (κ3) is 4.30. The molecule has 0 amide bonds. The summed E-state index contributed by atoms with van der Waals surface area (Å²) in [6.07, 6.45) is 6.86. The number of ether oxygens (including phenoxy) is 1. The zero-order valence-electron chi connectivity index (χ0n) is 19.4. The van der Waals surface area contributed by atoms with Gasteiger partial charge in [-0.25, -0.2) is 19.2 Å². The molecule has 9 heteroatoms. The summed E-state index contributed by atoms with van der Waals surface area (Å²) in [6, 6.07) is 6.79. The number of halogens is 1. The third-order valence-electron chi connectivity index (χ3n) is 6.64. The van der Waals surface area contributed by atoms with Crippen LogP contribution in [-0.2, 0) is 24.0 Å². The molecule has 0 radical (unpaired) electrons. The molecule has 1 atom stereocenters. The smallest absolute Gasteiger partial charge is 0.358 e. The number of hydrogen-bond donors (Lipinski definition) is 0. The molecule has 1 fully saturated rings. The molecule has 5 rings (SSSR count).